The van der Waals surface area contributed by atoms with Gasteiger partial charge < -0.3 is 9.09 Å². The van der Waals surface area contributed by atoms with Gasteiger partial charge in [-0.3, -0.25) is 4.57 Å². The molecule has 4 heterocycles. The predicted octanol–water partition coefficient (Wildman–Crippen LogP) is 3.16. The molecule has 0 bridgehead atoms. The third-order valence-corrected chi connectivity index (χ3v) is 4.95. The fourth-order valence-electron chi connectivity index (χ4n) is 3.49. The predicted molar refractivity (Wildman–Crippen MR) is 89.1 cm³/mol. The maximum absolute atomic E-state index is 13.9. The minimum atomic E-state index is -0.298. The lowest BCUT2D eigenvalue weighted by atomic mass is 10.1. The number of imidazole rings is 2. The number of rotatable bonds is 2. The van der Waals surface area contributed by atoms with Crippen molar-refractivity contribution in [3.8, 4) is 28.7 Å². The summed E-state index contributed by atoms with van der Waals surface area (Å²) in [5, 5.41) is 4.09. The van der Waals surface area contributed by atoms with E-state index in [9.17, 15) is 4.39 Å². The summed E-state index contributed by atoms with van der Waals surface area (Å²) >= 11 is 0. The molecule has 4 aromatic rings. The molecule has 2 aliphatic rings. The Labute approximate surface area is 147 Å². The van der Waals surface area contributed by atoms with Crippen molar-refractivity contribution in [2.24, 2.45) is 0 Å². The van der Waals surface area contributed by atoms with Crippen LogP contribution in [-0.4, -0.2) is 29.2 Å². The number of benzene rings is 1. The van der Waals surface area contributed by atoms with Crippen LogP contribution >= 0.6 is 0 Å². The number of nitrogens with zero attached hydrogens (tertiary/aromatic N) is 6. The standard InChI is InChI=1S/C18H13FN6O/c19-11-3-4-13-12(7-11)17-20-5-6-24(17)8-14-15(21-9-25(13)14)18-22-16(23-26-18)10-1-2-10/h3-7,9-10H,1-2,8H2. The molecule has 0 spiro atoms. The Bertz CT molecular complexity index is 1150. The van der Waals surface area contributed by atoms with Crippen LogP contribution in [0.4, 0.5) is 4.39 Å². The molecule has 128 valence electrons. The molecule has 0 N–H and O–H groups in total. The molecule has 1 aliphatic carbocycles. The lowest BCUT2D eigenvalue weighted by Gasteiger charge is -2.08. The molecule has 26 heavy (non-hydrogen) atoms. The largest absolute Gasteiger partial charge is 0.332 e. The van der Waals surface area contributed by atoms with E-state index in [2.05, 4.69) is 20.1 Å². The van der Waals surface area contributed by atoms with Gasteiger partial charge in [0, 0.05) is 23.9 Å². The zero-order valence-electron chi connectivity index (χ0n) is 13.6. The molecule has 6 rings (SSSR count). The summed E-state index contributed by atoms with van der Waals surface area (Å²) in [6, 6.07) is 4.69. The average Bonchev–Trinajstić information content (AvgIpc) is 3.06. The van der Waals surface area contributed by atoms with Crippen LogP contribution in [0.3, 0.4) is 0 Å². The number of aromatic nitrogens is 6. The van der Waals surface area contributed by atoms with Gasteiger partial charge in [-0.25, -0.2) is 14.4 Å². The SMILES string of the molecule is Fc1ccc2c(c1)-c1nccn1Cc1c(-c3nc(C4CC4)no3)ncn1-2. The summed E-state index contributed by atoms with van der Waals surface area (Å²) in [6.45, 7) is 0.530. The zero-order valence-corrected chi connectivity index (χ0v) is 13.6. The summed E-state index contributed by atoms with van der Waals surface area (Å²) < 4.78 is 23.3. The minimum absolute atomic E-state index is 0.298. The van der Waals surface area contributed by atoms with Gasteiger partial charge >= 0.3 is 0 Å². The van der Waals surface area contributed by atoms with E-state index in [-0.39, 0.29) is 5.82 Å². The van der Waals surface area contributed by atoms with Gasteiger partial charge in [0.1, 0.15) is 18.0 Å². The lowest BCUT2D eigenvalue weighted by Crippen LogP contribution is -2.03. The third kappa shape index (κ3) is 1.92. The van der Waals surface area contributed by atoms with E-state index < -0.39 is 0 Å². The van der Waals surface area contributed by atoms with Crippen LogP contribution in [0.2, 0.25) is 0 Å². The maximum atomic E-state index is 13.9. The van der Waals surface area contributed by atoms with Crippen molar-refractivity contribution in [1.29, 1.82) is 0 Å². The highest BCUT2D eigenvalue weighted by molar-refractivity contribution is 5.71. The average molecular weight is 348 g/mol. The highest BCUT2D eigenvalue weighted by Gasteiger charge is 2.31. The summed E-state index contributed by atoms with van der Waals surface area (Å²) in [5.41, 5.74) is 3.11. The van der Waals surface area contributed by atoms with Gasteiger partial charge in [-0.2, -0.15) is 4.98 Å². The molecule has 0 unspecified atom stereocenters. The smallest absolute Gasteiger partial charge is 0.278 e. The second-order valence-electron chi connectivity index (χ2n) is 6.68. The van der Waals surface area contributed by atoms with Crippen molar-refractivity contribution in [1.82, 2.24) is 29.2 Å². The van der Waals surface area contributed by atoms with Crippen molar-refractivity contribution in [2.45, 2.75) is 25.3 Å². The van der Waals surface area contributed by atoms with E-state index in [0.29, 0.717) is 24.0 Å². The Balaban J connectivity index is 1.57. The lowest BCUT2D eigenvalue weighted by molar-refractivity contribution is 0.421. The monoisotopic (exact) mass is 348 g/mol. The van der Waals surface area contributed by atoms with Gasteiger partial charge in [-0.1, -0.05) is 5.16 Å². The van der Waals surface area contributed by atoms with E-state index in [1.54, 1.807) is 18.6 Å². The van der Waals surface area contributed by atoms with Crippen LogP contribution in [-0.2, 0) is 6.54 Å². The molecule has 0 saturated heterocycles. The van der Waals surface area contributed by atoms with E-state index in [4.69, 9.17) is 4.52 Å². The molecular formula is C18H13FN6O. The minimum Gasteiger partial charge on any atom is -0.332 e. The highest BCUT2D eigenvalue weighted by Crippen LogP contribution is 2.39. The zero-order chi connectivity index (χ0) is 17.3. The highest BCUT2D eigenvalue weighted by atomic mass is 19.1. The first-order chi connectivity index (χ1) is 12.8. The molecule has 8 heteroatoms. The molecule has 1 aromatic carbocycles. The Morgan fingerprint density at radius 2 is 2.12 bits per heavy atom. The summed E-state index contributed by atoms with van der Waals surface area (Å²) in [5.74, 6) is 2.01. The summed E-state index contributed by atoms with van der Waals surface area (Å²) in [4.78, 5) is 13.5. The first kappa shape index (κ1) is 13.9. The van der Waals surface area contributed by atoms with Crippen molar-refractivity contribution >= 4 is 0 Å². The van der Waals surface area contributed by atoms with Gasteiger partial charge in [-0.05, 0) is 31.0 Å². The normalized spacial score (nSPS) is 15.3. The fraction of sp³-hybridized carbons (Fsp3) is 0.222. The van der Waals surface area contributed by atoms with Crippen molar-refractivity contribution in [3.63, 3.8) is 0 Å². The van der Waals surface area contributed by atoms with Gasteiger partial charge in [0.05, 0.1) is 17.9 Å². The van der Waals surface area contributed by atoms with Crippen LogP contribution in [0.15, 0.2) is 41.4 Å². The number of hydrogen-bond donors (Lipinski definition) is 0. The van der Waals surface area contributed by atoms with E-state index in [1.807, 2.05) is 15.3 Å². The Morgan fingerprint density at radius 3 is 3.00 bits per heavy atom. The fourth-order valence-corrected chi connectivity index (χ4v) is 3.49. The van der Waals surface area contributed by atoms with Crippen molar-refractivity contribution in [3.05, 3.63) is 54.3 Å². The topological polar surface area (TPSA) is 74.6 Å². The van der Waals surface area contributed by atoms with Crippen molar-refractivity contribution in [2.75, 3.05) is 0 Å². The van der Waals surface area contributed by atoms with Crippen LogP contribution in [0.25, 0.3) is 28.7 Å². The molecule has 1 fully saturated rings. The van der Waals surface area contributed by atoms with Crippen LogP contribution < -0.4 is 0 Å². The molecule has 0 amide bonds. The maximum Gasteiger partial charge on any atom is 0.278 e. The summed E-state index contributed by atoms with van der Waals surface area (Å²) in [6.07, 6.45) is 7.53. The molecular weight excluding hydrogens is 335 g/mol. The van der Waals surface area contributed by atoms with Crippen LogP contribution in [0, 0.1) is 5.82 Å². The van der Waals surface area contributed by atoms with Gasteiger partial charge in [0.15, 0.2) is 11.5 Å². The number of hydrogen-bond acceptors (Lipinski definition) is 5. The van der Waals surface area contributed by atoms with Crippen LogP contribution in [0.5, 0.6) is 0 Å². The number of halogens is 1. The third-order valence-electron chi connectivity index (χ3n) is 4.95. The van der Waals surface area contributed by atoms with Gasteiger partial charge in [0.2, 0.25) is 0 Å². The quantitative estimate of drug-likeness (QED) is 0.490. The van der Waals surface area contributed by atoms with Crippen molar-refractivity contribution < 1.29 is 8.91 Å². The summed E-state index contributed by atoms with van der Waals surface area (Å²) in [7, 11) is 0. The van der Waals surface area contributed by atoms with E-state index >= 15 is 0 Å². The second-order valence-corrected chi connectivity index (χ2v) is 6.68. The first-order valence-electron chi connectivity index (χ1n) is 8.49. The molecule has 1 aliphatic heterocycles. The van der Waals surface area contributed by atoms with E-state index in [1.165, 1.54) is 12.1 Å². The number of fused-ring (bicyclic) bond motifs is 5. The molecule has 1 saturated carbocycles. The molecule has 7 nitrogen and oxygen atoms in total. The molecule has 0 atom stereocenters. The second kappa shape index (κ2) is 4.87. The molecule has 3 aromatic heterocycles. The van der Waals surface area contributed by atoms with Crippen LogP contribution in [0.1, 0.15) is 30.3 Å². The Hall–Kier alpha value is -3.29. The Morgan fingerprint density at radius 1 is 1.19 bits per heavy atom. The van der Waals surface area contributed by atoms with Gasteiger partial charge in [0.25, 0.3) is 5.89 Å². The first-order valence-corrected chi connectivity index (χ1v) is 8.49. The van der Waals surface area contributed by atoms with E-state index in [0.717, 1.165) is 41.4 Å². The Kier molecular flexibility index (Phi) is 2.61. The molecule has 0 radical (unpaired) electrons. The van der Waals surface area contributed by atoms with Gasteiger partial charge in [-0.15, -0.1) is 0 Å².